The lowest BCUT2D eigenvalue weighted by atomic mass is 10.00. The number of rotatable bonds is 6. The van der Waals surface area contributed by atoms with E-state index in [2.05, 4.69) is 5.32 Å². The second-order valence-electron chi connectivity index (χ2n) is 6.57. The third-order valence-electron chi connectivity index (χ3n) is 4.56. The number of nitrogens with one attached hydrogen (secondary N) is 1. The molecule has 3 rings (SSSR count). The van der Waals surface area contributed by atoms with E-state index in [4.69, 9.17) is 0 Å². The second kappa shape index (κ2) is 8.08. The molecule has 0 aliphatic heterocycles. The maximum absolute atomic E-state index is 13.0. The fraction of sp³-hybridized carbons (Fsp3) is 0.190. The van der Waals surface area contributed by atoms with Gasteiger partial charge in [-0.05, 0) is 47.5 Å². The van der Waals surface area contributed by atoms with E-state index in [9.17, 15) is 17.6 Å². The van der Waals surface area contributed by atoms with E-state index in [1.807, 2.05) is 49.4 Å². The highest BCUT2D eigenvalue weighted by molar-refractivity contribution is 7.89. The van der Waals surface area contributed by atoms with Crippen LogP contribution >= 0.6 is 0 Å². The smallest absolute Gasteiger partial charge is 0.243 e. The fourth-order valence-corrected chi connectivity index (χ4v) is 4.19. The van der Waals surface area contributed by atoms with Crippen molar-refractivity contribution >= 4 is 26.7 Å². The number of hydrogen-bond donors (Lipinski definition) is 1. The van der Waals surface area contributed by atoms with Gasteiger partial charge in [-0.2, -0.15) is 4.31 Å². The van der Waals surface area contributed by atoms with Crippen LogP contribution in [-0.2, 0) is 14.8 Å². The maximum atomic E-state index is 13.0. The van der Waals surface area contributed by atoms with E-state index in [-0.39, 0.29) is 17.5 Å². The molecule has 1 atom stereocenters. The molecule has 0 bridgehead atoms. The number of carbonyl (C=O) groups is 1. The molecule has 1 N–H and O–H groups in total. The van der Waals surface area contributed by atoms with Crippen LogP contribution in [0.15, 0.2) is 71.6 Å². The molecule has 0 heterocycles. The molecule has 1 amide bonds. The van der Waals surface area contributed by atoms with Crippen molar-refractivity contribution in [2.24, 2.45) is 0 Å². The Morgan fingerprint density at radius 2 is 1.68 bits per heavy atom. The topological polar surface area (TPSA) is 66.5 Å². The van der Waals surface area contributed by atoms with E-state index < -0.39 is 21.7 Å². The highest BCUT2D eigenvalue weighted by atomic mass is 32.2. The van der Waals surface area contributed by atoms with E-state index in [1.54, 1.807) is 0 Å². The lowest BCUT2D eigenvalue weighted by Crippen LogP contribution is -2.39. The average Bonchev–Trinajstić information content (AvgIpc) is 2.67. The predicted molar refractivity (Wildman–Crippen MR) is 107 cm³/mol. The van der Waals surface area contributed by atoms with E-state index in [0.29, 0.717) is 0 Å². The van der Waals surface area contributed by atoms with Crippen LogP contribution in [0.5, 0.6) is 0 Å². The third kappa shape index (κ3) is 4.21. The van der Waals surface area contributed by atoms with Crippen LogP contribution in [-0.4, -0.2) is 32.2 Å². The van der Waals surface area contributed by atoms with Crippen LogP contribution in [0.1, 0.15) is 18.5 Å². The van der Waals surface area contributed by atoms with Gasteiger partial charge in [0.1, 0.15) is 5.82 Å². The summed E-state index contributed by atoms with van der Waals surface area (Å²) in [5.41, 5.74) is 0.954. The van der Waals surface area contributed by atoms with Crippen LogP contribution in [0, 0.1) is 5.82 Å². The molecule has 0 aromatic heterocycles. The summed E-state index contributed by atoms with van der Waals surface area (Å²) in [5.74, 6) is -0.947. The van der Waals surface area contributed by atoms with Crippen LogP contribution in [0.4, 0.5) is 4.39 Å². The van der Waals surface area contributed by atoms with Crippen LogP contribution in [0.2, 0.25) is 0 Å². The molecule has 0 fully saturated rings. The quantitative estimate of drug-likeness (QED) is 0.689. The van der Waals surface area contributed by atoms with Gasteiger partial charge in [0.15, 0.2) is 0 Å². The van der Waals surface area contributed by atoms with Gasteiger partial charge in [0.2, 0.25) is 15.9 Å². The summed E-state index contributed by atoms with van der Waals surface area (Å²) in [5, 5.41) is 4.95. The first-order valence-corrected chi connectivity index (χ1v) is 10.2. The Morgan fingerprint density at radius 3 is 2.39 bits per heavy atom. The first-order chi connectivity index (χ1) is 13.3. The van der Waals surface area contributed by atoms with E-state index in [0.717, 1.165) is 32.8 Å². The summed E-state index contributed by atoms with van der Waals surface area (Å²) in [4.78, 5) is 12.4. The van der Waals surface area contributed by atoms with Crippen molar-refractivity contribution in [1.29, 1.82) is 0 Å². The molecular formula is C21H21FN2O3S. The minimum Gasteiger partial charge on any atom is -0.348 e. The summed E-state index contributed by atoms with van der Waals surface area (Å²) in [6.45, 7) is 1.52. The van der Waals surface area contributed by atoms with Gasteiger partial charge in [0, 0.05) is 7.05 Å². The number of likely N-dealkylation sites (N-methyl/N-ethyl adjacent to an activating group) is 1. The molecule has 3 aromatic carbocycles. The van der Waals surface area contributed by atoms with Gasteiger partial charge < -0.3 is 5.32 Å². The van der Waals surface area contributed by atoms with Gasteiger partial charge in [-0.1, -0.05) is 42.5 Å². The monoisotopic (exact) mass is 400 g/mol. The second-order valence-corrected chi connectivity index (χ2v) is 8.62. The molecule has 0 saturated carbocycles. The van der Waals surface area contributed by atoms with Crippen molar-refractivity contribution in [3.8, 4) is 0 Å². The summed E-state index contributed by atoms with van der Waals surface area (Å²) < 4.78 is 39.0. The SMILES string of the molecule is CC(NC(=O)CN(C)S(=O)(=O)c1ccc(F)cc1)c1cccc2ccccc12. The Labute approximate surface area is 163 Å². The summed E-state index contributed by atoms with van der Waals surface area (Å²) >= 11 is 0. The Kier molecular flexibility index (Phi) is 5.76. The van der Waals surface area contributed by atoms with Crippen molar-refractivity contribution in [3.63, 3.8) is 0 Å². The summed E-state index contributed by atoms with van der Waals surface area (Å²) in [7, 11) is -2.56. The fourth-order valence-electron chi connectivity index (χ4n) is 3.07. The van der Waals surface area contributed by atoms with Gasteiger partial charge in [-0.3, -0.25) is 4.79 Å². The molecule has 0 aliphatic carbocycles. The Bertz CT molecular complexity index is 1090. The van der Waals surface area contributed by atoms with Crippen molar-refractivity contribution < 1.29 is 17.6 Å². The largest absolute Gasteiger partial charge is 0.348 e. The highest BCUT2D eigenvalue weighted by Gasteiger charge is 2.23. The lowest BCUT2D eigenvalue weighted by molar-refractivity contribution is -0.121. The van der Waals surface area contributed by atoms with E-state index in [1.165, 1.54) is 19.2 Å². The average molecular weight is 400 g/mol. The number of carbonyl (C=O) groups excluding carboxylic acids is 1. The number of amides is 1. The van der Waals surface area contributed by atoms with Gasteiger partial charge in [-0.25, -0.2) is 12.8 Å². The van der Waals surface area contributed by atoms with Gasteiger partial charge in [0.25, 0.3) is 0 Å². The zero-order valence-electron chi connectivity index (χ0n) is 15.6. The van der Waals surface area contributed by atoms with Crippen molar-refractivity contribution in [2.75, 3.05) is 13.6 Å². The summed E-state index contributed by atoms with van der Waals surface area (Å²) in [6.07, 6.45) is 0. The van der Waals surface area contributed by atoms with Crippen molar-refractivity contribution in [1.82, 2.24) is 9.62 Å². The molecule has 0 radical (unpaired) electrons. The molecular weight excluding hydrogens is 379 g/mol. The molecule has 7 heteroatoms. The zero-order chi connectivity index (χ0) is 20.3. The first-order valence-electron chi connectivity index (χ1n) is 8.78. The highest BCUT2D eigenvalue weighted by Crippen LogP contribution is 2.24. The minimum absolute atomic E-state index is 0.0636. The molecule has 5 nitrogen and oxygen atoms in total. The Hall–Kier alpha value is -2.77. The molecule has 0 saturated heterocycles. The number of halogens is 1. The molecule has 1 unspecified atom stereocenters. The molecule has 0 spiro atoms. The first kappa shape index (κ1) is 20.0. The number of hydrogen-bond acceptors (Lipinski definition) is 3. The Balaban J connectivity index is 1.71. The third-order valence-corrected chi connectivity index (χ3v) is 6.37. The Morgan fingerprint density at radius 1 is 1.04 bits per heavy atom. The number of benzene rings is 3. The van der Waals surface area contributed by atoms with Crippen LogP contribution in [0.25, 0.3) is 10.8 Å². The normalized spacial score (nSPS) is 12.9. The van der Waals surface area contributed by atoms with Gasteiger partial charge >= 0.3 is 0 Å². The lowest BCUT2D eigenvalue weighted by Gasteiger charge is -2.20. The maximum Gasteiger partial charge on any atom is 0.243 e. The molecule has 0 aliphatic rings. The summed E-state index contributed by atoms with van der Waals surface area (Å²) in [6, 6.07) is 17.9. The minimum atomic E-state index is -3.88. The van der Waals surface area contributed by atoms with Crippen molar-refractivity contribution in [2.45, 2.75) is 17.9 Å². The molecule has 3 aromatic rings. The van der Waals surface area contributed by atoms with Gasteiger partial charge in [-0.15, -0.1) is 0 Å². The molecule has 28 heavy (non-hydrogen) atoms. The number of nitrogens with zero attached hydrogens (tertiary/aromatic N) is 1. The van der Waals surface area contributed by atoms with Crippen molar-refractivity contribution in [3.05, 3.63) is 78.1 Å². The zero-order valence-corrected chi connectivity index (χ0v) is 16.4. The molecule has 146 valence electrons. The number of sulfonamides is 1. The number of fused-ring (bicyclic) bond motifs is 1. The van der Waals surface area contributed by atoms with Crippen LogP contribution in [0.3, 0.4) is 0 Å². The van der Waals surface area contributed by atoms with Crippen LogP contribution < -0.4 is 5.32 Å². The van der Waals surface area contributed by atoms with E-state index >= 15 is 0 Å². The standard InChI is InChI=1S/C21H21FN2O3S/c1-15(19-9-5-7-16-6-3-4-8-20(16)19)23-21(25)14-24(2)28(26,27)18-12-10-17(22)11-13-18/h3-13,15H,14H2,1-2H3,(H,23,25). The van der Waals surface area contributed by atoms with Gasteiger partial charge in [0.05, 0.1) is 17.5 Å². The predicted octanol–water partition coefficient (Wildman–Crippen LogP) is 3.48.